The molecule has 1 aliphatic rings. The Kier molecular flexibility index (Phi) is 5.00. The minimum absolute atomic E-state index is 0.196. The van der Waals surface area contributed by atoms with E-state index < -0.39 is 0 Å². The molecule has 1 fully saturated rings. The highest BCUT2D eigenvalue weighted by Gasteiger charge is 2.16. The van der Waals surface area contributed by atoms with Gasteiger partial charge in [-0.15, -0.1) is 0 Å². The molecule has 2 aromatic heterocycles. The first-order valence-corrected chi connectivity index (χ1v) is 8.02. The van der Waals surface area contributed by atoms with E-state index in [2.05, 4.69) is 25.6 Å². The van der Waals surface area contributed by atoms with Crippen LogP contribution < -0.4 is 15.4 Å². The zero-order chi connectivity index (χ0) is 16.9. The first-order chi connectivity index (χ1) is 11.6. The van der Waals surface area contributed by atoms with Crippen molar-refractivity contribution in [2.45, 2.75) is 32.9 Å². The molecule has 0 aromatic carbocycles. The van der Waals surface area contributed by atoms with Gasteiger partial charge in [0.2, 0.25) is 0 Å². The lowest BCUT2D eigenvalue weighted by atomic mass is 10.2. The van der Waals surface area contributed by atoms with Crippen LogP contribution in [0.4, 0.5) is 0 Å². The van der Waals surface area contributed by atoms with E-state index in [1.165, 1.54) is 0 Å². The van der Waals surface area contributed by atoms with E-state index in [4.69, 9.17) is 4.74 Å². The molecule has 7 nitrogen and oxygen atoms in total. The molecule has 0 spiro atoms. The summed E-state index contributed by atoms with van der Waals surface area (Å²) in [5.74, 6) is 1.22. The molecule has 3 heterocycles. The molecule has 24 heavy (non-hydrogen) atoms. The van der Waals surface area contributed by atoms with Gasteiger partial charge in [0.05, 0.1) is 23.5 Å². The number of carbonyl (C=O) groups excluding carboxylic acids is 1. The van der Waals surface area contributed by atoms with Crippen molar-refractivity contribution >= 4 is 5.91 Å². The number of aromatic nitrogens is 3. The number of pyridine rings is 1. The van der Waals surface area contributed by atoms with Crippen LogP contribution in [-0.2, 0) is 6.54 Å². The summed E-state index contributed by atoms with van der Waals surface area (Å²) in [5.41, 5.74) is 1.89. The first-order valence-electron chi connectivity index (χ1n) is 8.02. The largest absolute Gasteiger partial charge is 0.489 e. The van der Waals surface area contributed by atoms with Crippen LogP contribution in [0.15, 0.2) is 24.5 Å². The third-order valence-electron chi connectivity index (χ3n) is 3.88. The van der Waals surface area contributed by atoms with Crippen LogP contribution in [0.5, 0.6) is 5.75 Å². The maximum Gasteiger partial charge on any atom is 0.255 e. The zero-order valence-corrected chi connectivity index (χ0v) is 13.9. The van der Waals surface area contributed by atoms with Crippen LogP contribution in [0, 0.1) is 13.8 Å². The smallest absolute Gasteiger partial charge is 0.255 e. The Balaban J connectivity index is 1.60. The molecule has 3 rings (SSSR count). The van der Waals surface area contributed by atoms with Crippen molar-refractivity contribution in [2.75, 3.05) is 13.1 Å². The molecule has 2 N–H and O–H groups in total. The highest BCUT2D eigenvalue weighted by molar-refractivity contribution is 5.94. The maximum absolute atomic E-state index is 12.3. The number of aryl methyl sites for hydroxylation is 2. The number of rotatable bonds is 5. The molecule has 1 aliphatic heterocycles. The van der Waals surface area contributed by atoms with Gasteiger partial charge in [0.15, 0.2) is 0 Å². The topological polar surface area (TPSA) is 89.0 Å². The van der Waals surface area contributed by atoms with E-state index in [1.807, 2.05) is 12.1 Å². The number of nitrogens with zero attached hydrogens (tertiary/aromatic N) is 3. The lowest BCUT2D eigenvalue weighted by Crippen LogP contribution is -2.25. The van der Waals surface area contributed by atoms with Gasteiger partial charge in [-0.25, -0.2) is 9.97 Å². The molecular weight excluding hydrogens is 306 g/mol. The van der Waals surface area contributed by atoms with Crippen molar-refractivity contribution in [2.24, 2.45) is 0 Å². The summed E-state index contributed by atoms with van der Waals surface area (Å²) in [7, 11) is 0. The van der Waals surface area contributed by atoms with Gasteiger partial charge in [-0.3, -0.25) is 9.78 Å². The van der Waals surface area contributed by atoms with E-state index in [-0.39, 0.29) is 12.0 Å². The van der Waals surface area contributed by atoms with Crippen molar-refractivity contribution in [1.29, 1.82) is 0 Å². The molecule has 2 aromatic rings. The monoisotopic (exact) mass is 327 g/mol. The first kappa shape index (κ1) is 16.3. The summed E-state index contributed by atoms with van der Waals surface area (Å²) < 4.78 is 5.90. The molecule has 1 saturated heterocycles. The van der Waals surface area contributed by atoms with Crippen molar-refractivity contribution in [3.05, 3.63) is 47.3 Å². The molecule has 0 radical (unpaired) electrons. The van der Waals surface area contributed by atoms with Gasteiger partial charge in [-0.05, 0) is 32.9 Å². The fourth-order valence-electron chi connectivity index (χ4n) is 2.62. The normalized spacial score (nSPS) is 16.8. The fraction of sp³-hybridized carbons (Fsp3) is 0.412. The van der Waals surface area contributed by atoms with Crippen LogP contribution >= 0.6 is 0 Å². The minimum atomic E-state index is -0.208. The average molecular weight is 327 g/mol. The Hall–Kier alpha value is -2.54. The van der Waals surface area contributed by atoms with Crippen LogP contribution in [0.1, 0.15) is 34.0 Å². The lowest BCUT2D eigenvalue weighted by molar-refractivity contribution is 0.0949. The van der Waals surface area contributed by atoms with Crippen molar-refractivity contribution in [1.82, 2.24) is 25.6 Å². The molecule has 1 unspecified atom stereocenters. The second kappa shape index (κ2) is 7.35. The third kappa shape index (κ3) is 4.05. The summed E-state index contributed by atoms with van der Waals surface area (Å²) >= 11 is 0. The predicted octanol–water partition coefficient (Wildman–Crippen LogP) is 1.16. The lowest BCUT2D eigenvalue weighted by Gasteiger charge is -2.13. The highest BCUT2D eigenvalue weighted by Crippen LogP contribution is 2.15. The standard InChI is InChI=1S/C17H21N5O2/c1-11-16(10-20-12(2)22-11)17(23)21-8-13-7-14(4-6-19-13)24-15-3-5-18-9-15/h4,6-7,10,15,18H,3,5,8-9H2,1-2H3,(H,21,23). The summed E-state index contributed by atoms with van der Waals surface area (Å²) in [5, 5.41) is 6.11. The second-order valence-corrected chi connectivity index (χ2v) is 5.81. The van der Waals surface area contributed by atoms with E-state index in [9.17, 15) is 4.79 Å². The fourth-order valence-corrected chi connectivity index (χ4v) is 2.62. The third-order valence-corrected chi connectivity index (χ3v) is 3.88. The van der Waals surface area contributed by atoms with E-state index in [0.717, 1.165) is 31.0 Å². The Morgan fingerprint density at radius 1 is 1.42 bits per heavy atom. The number of amides is 1. The summed E-state index contributed by atoms with van der Waals surface area (Å²) in [6, 6.07) is 3.69. The van der Waals surface area contributed by atoms with E-state index >= 15 is 0 Å². The quantitative estimate of drug-likeness (QED) is 0.857. The molecule has 1 atom stereocenters. The van der Waals surface area contributed by atoms with Crippen LogP contribution in [0.2, 0.25) is 0 Å². The van der Waals surface area contributed by atoms with Crippen molar-refractivity contribution in [3.8, 4) is 5.75 Å². The highest BCUT2D eigenvalue weighted by atomic mass is 16.5. The number of carbonyl (C=O) groups is 1. The van der Waals surface area contributed by atoms with Gasteiger partial charge in [-0.1, -0.05) is 0 Å². The van der Waals surface area contributed by atoms with Crippen LogP contribution in [0.25, 0.3) is 0 Å². The van der Waals surface area contributed by atoms with Crippen LogP contribution in [0.3, 0.4) is 0 Å². The van der Waals surface area contributed by atoms with Gasteiger partial charge in [-0.2, -0.15) is 0 Å². The predicted molar refractivity (Wildman–Crippen MR) is 88.8 cm³/mol. The van der Waals surface area contributed by atoms with E-state index in [1.54, 1.807) is 26.2 Å². The van der Waals surface area contributed by atoms with Gasteiger partial charge in [0.1, 0.15) is 17.7 Å². The number of hydrogen-bond donors (Lipinski definition) is 2. The molecule has 1 amide bonds. The Labute approximate surface area is 140 Å². The maximum atomic E-state index is 12.3. The van der Waals surface area contributed by atoms with Gasteiger partial charge >= 0.3 is 0 Å². The minimum Gasteiger partial charge on any atom is -0.489 e. The molecule has 0 aliphatic carbocycles. The van der Waals surface area contributed by atoms with Crippen LogP contribution in [-0.4, -0.2) is 40.1 Å². The van der Waals surface area contributed by atoms with Gasteiger partial charge in [0, 0.05) is 25.0 Å². The molecule has 7 heteroatoms. The SMILES string of the molecule is Cc1ncc(C(=O)NCc2cc(OC3CCNC3)ccn2)c(C)n1. The molecular formula is C17H21N5O2. The molecule has 0 bridgehead atoms. The van der Waals surface area contributed by atoms with Gasteiger partial charge < -0.3 is 15.4 Å². The number of nitrogens with one attached hydrogen (secondary N) is 2. The number of hydrogen-bond acceptors (Lipinski definition) is 6. The van der Waals surface area contributed by atoms with Gasteiger partial charge in [0.25, 0.3) is 5.91 Å². The number of ether oxygens (including phenoxy) is 1. The summed E-state index contributed by atoms with van der Waals surface area (Å²) in [6.45, 7) is 5.76. The average Bonchev–Trinajstić information content (AvgIpc) is 3.06. The second-order valence-electron chi connectivity index (χ2n) is 5.81. The molecule has 0 saturated carbocycles. The Bertz CT molecular complexity index is 729. The van der Waals surface area contributed by atoms with Crippen molar-refractivity contribution in [3.63, 3.8) is 0 Å². The Morgan fingerprint density at radius 3 is 3.04 bits per heavy atom. The van der Waals surface area contributed by atoms with E-state index in [0.29, 0.717) is 23.6 Å². The Morgan fingerprint density at radius 2 is 2.29 bits per heavy atom. The summed E-state index contributed by atoms with van der Waals surface area (Å²) in [6.07, 6.45) is 4.44. The zero-order valence-electron chi connectivity index (χ0n) is 13.9. The van der Waals surface area contributed by atoms with Crippen molar-refractivity contribution < 1.29 is 9.53 Å². The summed E-state index contributed by atoms with van der Waals surface area (Å²) in [4.78, 5) is 24.8. The molecule has 126 valence electrons.